The molecule has 4 fully saturated rings. The Bertz CT molecular complexity index is 697. The first kappa shape index (κ1) is 14.5. The fraction of sp³-hybridized carbons (Fsp3) is 0.667. The monoisotopic (exact) mass is 346 g/mol. The average Bonchev–Trinajstić information content (AvgIpc) is 3.42. The molecular formula is C18H18O7. The normalized spacial score (nSPS) is 52.7. The highest BCUT2D eigenvalue weighted by atomic mass is 16.6. The Morgan fingerprint density at radius 1 is 0.760 bits per heavy atom. The van der Waals surface area contributed by atoms with E-state index in [1.54, 1.807) is 0 Å². The summed E-state index contributed by atoms with van der Waals surface area (Å²) in [6.45, 7) is 0. The fourth-order valence-corrected chi connectivity index (χ4v) is 6.26. The van der Waals surface area contributed by atoms with Gasteiger partial charge in [0.1, 0.15) is 0 Å². The molecule has 0 aliphatic carbocycles. The van der Waals surface area contributed by atoms with Crippen LogP contribution in [0.5, 0.6) is 0 Å². The van der Waals surface area contributed by atoms with E-state index in [9.17, 15) is 9.59 Å². The van der Waals surface area contributed by atoms with E-state index in [1.807, 2.05) is 0 Å². The lowest BCUT2D eigenvalue weighted by atomic mass is 9.60. The van der Waals surface area contributed by atoms with Gasteiger partial charge in [-0.15, -0.1) is 0 Å². The van der Waals surface area contributed by atoms with Crippen LogP contribution in [0.3, 0.4) is 0 Å². The van der Waals surface area contributed by atoms with Crippen LogP contribution in [-0.2, 0) is 33.3 Å². The molecule has 0 saturated carbocycles. The Morgan fingerprint density at radius 3 is 1.68 bits per heavy atom. The van der Waals surface area contributed by atoms with Gasteiger partial charge in [0.15, 0.2) is 0 Å². The number of hydrogen-bond donors (Lipinski definition) is 0. The lowest BCUT2D eigenvalue weighted by Crippen LogP contribution is -2.49. The SMILES string of the molecule is COC(=O)C1=C(C(=O)OC)[C@H]2O[C@H]1[C@@H]1[C@H]3O[C@H]([C@@H]12)[C@H]1[C@@H]3[C@H]2C=C[C@H]1O2. The second-order valence-electron chi connectivity index (χ2n) is 7.61. The zero-order valence-corrected chi connectivity index (χ0v) is 13.8. The second kappa shape index (κ2) is 4.52. The third kappa shape index (κ3) is 1.46. The van der Waals surface area contributed by atoms with Gasteiger partial charge in [-0.2, -0.15) is 0 Å². The Hall–Kier alpha value is -1.70. The molecule has 132 valence electrons. The van der Waals surface area contributed by atoms with Crippen molar-refractivity contribution in [3.05, 3.63) is 23.3 Å². The average molecular weight is 346 g/mol. The van der Waals surface area contributed by atoms with Gasteiger partial charge >= 0.3 is 11.9 Å². The minimum absolute atomic E-state index is 0.00574. The molecular weight excluding hydrogens is 328 g/mol. The fourth-order valence-electron chi connectivity index (χ4n) is 6.26. The van der Waals surface area contributed by atoms with E-state index in [4.69, 9.17) is 23.7 Å². The van der Waals surface area contributed by atoms with Crippen LogP contribution in [0, 0.1) is 23.7 Å². The molecule has 0 aromatic rings. The Balaban J connectivity index is 1.44. The number of hydrogen-bond acceptors (Lipinski definition) is 7. The van der Waals surface area contributed by atoms with E-state index in [-0.39, 0.29) is 36.3 Å². The summed E-state index contributed by atoms with van der Waals surface area (Å²) in [5, 5.41) is 0. The lowest BCUT2D eigenvalue weighted by Gasteiger charge is -2.37. The summed E-state index contributed by atoms with van der Waals surface area (Å²) < 4.78 is 28.4. The van der Waals surface area contributed by atoms with Crippen molar-refractivity contribution in [3.8, 4) is 0 Å². The van der Waals surface area contributed by atoms with Gasteiger partial charge in [0.25, 0.3) is 0 Å². The van der Waals surface area contributed by atoms with E-state index < -0.39 is 24.1 Å². The van der Waals surface area contributed by atoms with Gasteiger partial charge in [-0.1, -0.05) is 12.2 Å². The van der Waals surface area contributed by atoms with Crippen LogP contribution in [0.2, 0.25) is 0 Å². The van der Waals surface area contributed by atoms with E-state index in [2.05, 4.69) is 12.2 Å². The first-order valence-corrected chi connectivity index (χ1v) is 8.71. The highest BCUT2D eigenvalue weighted by Crippen LogP contribution is 2.65. The molecule has 6 aliphatic heterocycles. The third-order valence-electron chi connectivity index (χ3n) is 6.95. The minimum atomic E-state index is -0.519. The number of methoxy groups -OCH3 is 2. The molecule has 6 aliphatic rings. The van der Waals surface area contributed by atoms with Crippen molar-refractivity contribution in [3.63, 3.8) is 0 Å². The summed E-state index contributed by atoms with van der Waals surface area (Å²) in [7, 11) is 2.63. The minimum Gasteiger partial charge on any atom is -0.466 e. The van der Waals surface area contributed by atoms with Gasteiger partial charge in [0.2, 0.25) is 0 Å². The van der Waals surface area contributed by atoms with Crippen LogP contribution in [0.15, 0.2) is 23.3 Å². The molecule has 0 amide bonds. The Labute approximate surface area is 143 Å². The summed E-state index contributed by atoms with van der Waals surface area (Å²) in [6, 6.07) is 0. The van der Waals surface area contributed by atoms with Crippen molar-refractivity contribution in [1.82, 2.24) is 0 Å². The molecule has 7 heteroatoms. The largest absolute Gasteiger partial charge is 0.466 e. The maximum absolute atomic E-state index is 12.3. The number of esters is 2. The number of carbonyl (C=O) groups is 2. The molecule has 0 radical (unpaired) electrons. The van der Waals surface area contributed by atoms with Crippen molar-refractivity contribution in [2.75, 3.05) is 14.2 Å². The van der Waals surface area contributed by atoms with Crippen molar-refractivity contribution in [1.29, 1.82) is 0 Å². The summed E-state index contributed by atoms with van der Waals surface area (Å²) in [5.74, 6) is -0.288. The first-order valence-electron chi connectivity index (χ1n) is 8.71. The maximum Gasteiger partial charge on any atom is 0.337 e. The number of fused-ring (bicyclic) bond motifs is 16. The molecule has 6 bridgehead atoms. The lowest BCUT2D eigenvalue weighted by molar-refractivity contribution is -0.140. The van der Waals surface area contributed by atoms with Crippen molar-refractivity contribution in [2.45, 2.75) is 36.6 Å². The summed E-state index contributed by atoms with van der Waals surface area (Å²) in [6.07, 6.45) is 3.49. The smallest absolute Gasteiger partial charge is 0.337 e. The number of rotatable bonds is 2. The topological polar surface area (TPSA) is 80.3 Å². The van der Waals surface area contributed by atoms with Gasteiger partial charge in [-0.05, 0) is 0 Å². The molecule has 6 heterocycles. The highest BCUT2D eigenvalue weighted by molar-refractivity contribution is 6.03. The van der Waals surface area contributed by atoms with Gasteiger partial charge < -0.3 is 23.7 Å². The molecule has 0 unspecified atom stereocenters. The van der Waals surface area contributed by atoms with Gasteiger partial charge in [-0.3, -0.25) is 0 Å². The van der Waals surface area contributed by atoms with Crippen molar-refractivity contribution >= 4 is 11.9 Å². The molecule has 6 rings (SSSR count). The molecule has 4 saturated heterocycles. The molecule has 0 spiro atoms. The zero-order chi connectivity index (χ0) is 17.0. The summed E-state index contributed by atoms with van der Waals surface area (Å²) in [5.41, 5.74) is 0.626. The van der Waals surface area contributed by atoms with E-state index in [1.165, 1.54) is 14.2 Å². The summed E-state index contributed by atoms with van der Waals surface area (Å²) in [4.78, 5) is 24.7. The third-order valence-corrected chi connectivity index (χ3v) is 6.95. The van der Waals surface area contributed by atoms with E-state index >= 15 is 0 Å². The quantitative estimate of drug-likeness (QED) is 0.514. The van der Waals surface area contributed by atoms with E-state index in [0.717, 1.165) is 0 Å². The van der Waals surface area contributed by atoms with E-state index in [0.29, 0.717) is 23.0 Å². The van der Waals surface area contributed by atoms with Crippen LogP contribution in [0.4, 0.5) is 0 Å². The number of ether oxygens (including phenoxy) is 5. The molecule has 10 atom stereocenters. The molecule has 0 aromatic heterocycles. The Kier molecular flexibility index (Phi) is 2.62. The molecule has 0 aromatic carbocycles. The van der Waals surface area contributed by atoms with Crippen LogP contribution in [0.25, 0.3) is 0 Å². The van der Waals surface area contributed by atoms with Crippen LogP contribution >= 0.6 is 0 Å². The second-order valence-corrected chi connectivity index (χ2v) is 7.61. The maximum atomic E-state index is 12.3. The molecule has 7 nitrogen and oxygen atoms in total. The highest BCUT2D eigenvalue weighted by Gasteiger charge is 2.75. The van der Waals surface area contributed by atoms with Gasteiger partial charge in [0.05, 0.1) is 62.0 Å². The number of carbonyl (C=O) groups excluding carboxylic acids is 2. The predicted molar refractivity (Wildman–Crippen MR) is 80.1 cm³/mol. The van der Waals surface area contributed by atoms with Crippen molar-refractivity contribution < 1.29 is 33.3 Å². The molecule has 25 heavy (non-hydrogen) atoms. The van der Waals surface area contributed by atoms with Crippen LogP contribution in [-0.4, -0.2) is 62.8 Å². The zero-order valence-electron chi connectivity index (χ0n) is 13.8. The first-order chi connectivity index (χ1) is 12.2. The standard InChI is InChI=1S/C18H18O7/c1-21-17(19)11-12(18(20)22-2)16-10-9(15(11)25-16)13-7-5-3-4-6(23-5)8(7)14(10)24-13/h3-10,13-16H,1-2H3/t5-,6-,7-,8+,9-,10+,13+,14+,15+,16+/m1/s1. The summed E-state index contributed by atoms with van der Waals surface area (Å²) >= 11 is 0. The van der Waals surface area contributed by atoms with Gasteiger partial charge in [0, 0.05) is 23.7 Å². The molecule has 0 N–H and O–H groups in total. The van der Waals surface area contributed by atoms with Gasteiger partial charge in [-0.25, -0.2) is 9.59 Å². The predicted octanol–water partition coefficient (Wildman–Crippen LogP) is -0.00700. The van der Waals surface area contributed by atoms with Crippen LogP contribution < -0.4 is 0 Å². The van der Waals surface area contributed by atoms with Crippen molar-refractivity contribution in [2.24, 2.45) is 23.7 Å². The Morgan fingerprint density at radius 2 is 1.24 bits per heavy atom. The van der Waals surface area contributed by atoms with Crippen LogP contribution in [0.1, 0.15) is 0 Å².